The van der Waals surface area contributed by atoms with Crippen molar-refractivity contribution < 1.29 is 4.79 Å². The monoisotopic (exact) mass is 264 g/mol. The lowest BCUT2D eigenvalue weighted by atomic mass is 10.0. The number of aromatic nitrogens is 1. The van der Waals surface area contributed by atoms with E-state index in [-0.39, 0.29) is 11.8 Å². The van der Waals surface area contributed by atoms with Gasteiger partial charge in [-0.3, -0.25) is 4.79 Å². The van der Waals surface area contributed by atoms with E-state index in [4.69, 9.17) is 18.0 Å². The lowest BCUT2D eigenvalue weighted by molar-refractivity contribution is 0.0929. The van der Waals surface area contributed by atoms with Crippen LogP contribution >= 0.6 is 11.6 Å². The molecule has 0 saturated heterocycles. The van der Waals surface area contributed by atoms with Gasteiger partial charge in [0.05, 0.1) is 5.54 Å². The number of nitrogens with zero attached hydrogens (tertiary/aromatic N) is 1. The lowest BCUT2D eigenvalue weighted by Gasteiger charge is -2.20. The van der Waals surface area contributed by atoms with Crippen LogP contribution in [0.15, 0.2) is 12.1 Å². The number of carbonyl (C=O) groups is 1. The van der Waals surface area contributed by atoms with Gasteiger partial charge in [0.25, 0.3) is 5.91 Å². The number of rotatable bonds is 3. The molecule has 4 heteroatoms. The van der Waals surface area contributed by atoms with E-state index in [0.717, 1.165) is 5.69 Å². The molecule has 0 saturated carbocycles. The van der Waals surface area contributed by atoms with Crippen molar-refractivity contribution in [2.75, 3.05) is 0 Å². The fourth-order valence-electron chi connectivity index (χ4n) is 1.34. The van der Waals surface area contributed by atoms with Crippen molar-refractivity contribution in [3.05, 3.63) is 28.5 Å². The van der Waals surface area contributed by atoms with Crippen molar-refractivity contribution in [3.63, 3.8) is 0 Å². The molecule has 96 valence electrons. The molecule has 1 rings (SSSR count). The van der Waals surface area contributed by atoms with Gasteiger partial charge in [0.15, 0.2) is 0 Å². The van der Waals surface area contributed by atoms with Crippen LogP contribution in [-0.2, 0) is 0 Å². The fraction of sp³-hybridized carbons (Fsp3) is 0.429. The van der Waals surface area contributed by atoms with Gasteiger partial charge in [-0.2, -0.15) is 0 Å². The number of pyridine rings is 1. The Hall–Kier alpha value is -1.53. The summed E-state index contributed by atoms with van der Waals surface area (Å²) in [7, 11) is 0. The van der Waals surface area contributed by atoms with Crippen LogP contribution in [0.25, 0.3) is 0 Å². The quantitative estimate of drug-likeness (QED) is 0.674. The molecule has 1 amide bonds. The highest BCUT2D eigenvalue weighted by Gasteiger charge is 2.19. The summed E-state index contributed by atoms with van der Waals surface area (Å²) in [5.74, 6) is 2.47. The molecular weight excluding hydrogens is 248 g/mol. The third-order valence-corrected chi connectivity index (χ3v) is 2.65. The van der Waals surface area contributed by atoms with Crippen molar-refractivity contribution in [2.24, 2.45) is 0 Å². The molecule has 1 aromatic heterocycles. The summed E-state index contributed by atoms with van der Waals surface area (Å²) in [6, 6.07) is 3.27. The molecule has 0 aromatic carbocycles. The highest BCUT2D eigenvalue weighted by molar-refractivity contribution is 6.29. The van der Waals surface area contributed by atoms with E-state index < -0.39 is 5.54 Å². The summed E-state index contributed by atoms with van der Waals surface area (Å²) < 4.78 is 0. The predicted molar refractivity (Wildman–Crippen MR) is 73.7 cm³/mol. The van der Waals surface area contributed by atoms with Crippen molar-refractivity contribution in [3.8, 4) is 12.3 Å². The zero-order valence-corrected chi connectivity index (χ0v) is 11.8. The minimum absolute atomic E-state index is 0.205. The largest absolute Gasteiger partial charge is 0.336 e. The van der Waals surface area contributed by atoms with Crippen LogP contribution in [0.4, 0.5) is 0 Å². The number of halogens is 1. The third kappa shape index (κ3) is 3.75. The maximum atomic E-state index is 12.1. The van der Waals surface area contributed by atoms with Crippen LogP contribution in [0.1, 0.15) is 49.7 Å². The Balaban J connectivity index is 3.04. The second-order valence-corrected chi connectivity index (χ2v) is 5.37. The number of carbonyl (C=O) groups excluding carboxylic acids is 1. The van der Waals surface area contributed by atoms with Crippen molar-refractivity contribution in [2.45, 2.75) is 39.2 Å². The zero-order chi connectivity index (χ0) is 13.9. The van der Waals surface area contributed by atoms with Gasteiger partial charge in [-0.15, -0.1) is 6.42 Å². The smallest absolute Gasteiger partial charge is 0.252 e. The lowest BCUT2D eigenvalue weighted by Crippen LogP contribution is -2.42. The predicted octanol–water partition coefficient (Wildman–Crippen LogP) is 3.00. The summed E-state index contributed by atoms with van der Waals surface area (Å²) in [5, 5.41) is 3.06. The average Bonchev–Trinajstić information content (AvgIpc) is 2.27. The number of nitrogens with one attached hydrogen (secondary N) is 1. The van der Waals surface area contributed by atoms with Gasteiger partial charge in [-0.05, 0) is 31.9 Å². The number of terminal acetylenes is 1. The Kier molecular flexibility index (Phi) is 4.37. The van der Waals surface area contributed by atoms with Crippen molar-refractivity contribution in [1.29, 1.82) is 0 Å². The normalized spacial score (nSPS) is 11.2. The summed E-state index contributed by atoms with van der Waals surface area (Å²) in [4.78, 5) is 16.2. The van der Waals surface area contributed by atoms with Crippen molar-refractivity contribution >= 4 is 17.5 Å². The molecule has 0 fully saturated rings. The first kappa shape index (κ1) is 14.5. The maximum Gasteiger partial charge on any atom is 0.252 e. The van der Waals surface area contributed by atoms with Crippen LogP contribution in [0, 0.1) is 12.3 Å². The van der Waals surface area contributed by atoms with Crippen LogP contribution in [0.3, 0.4) is 0 Å². The van der Waals surface area contributed by atoms with Gasteiger partial charge in [0.2, 0.25) is 0 Å². The van der Waals surface area contributed by atoms with E-state index in [0.29, 0.717) is 10.7 Å². The summed E-state index contributed by atoms with van der Waals surface area (Å²) in [6.07, 6.45) is 5.34. The molecule has 1 N–H and O–H groups in total. The Morgan fingerprint density at radius 3 is 2.61 bits per heavy atom. The standard InChI is InChI=1S/C14H17ClN2O/c1-6-14(4,5)17-13(18)10-7-11(9(2)3)16-12(15)8-10/h1,7-9H,2-5H3,(H,17,18). The van der Waals surface area contributed by atoms with Crippen LogP contribution in [0.5, 0.6) is 0 Å². The first-order valence-electron chi connectivity index (χ1n) is 5.73. The van der Waals surface area contributed by atoms with Gasteiger partial charge >= 0.3 is 0 Å². The van der Waals surface area contributed by atoms with Gasteiger partial charge in [0.1, 0.15) is 5.15 Å². The Morgan fingerprint density at radius 1 is 1.50 bits per heavy atom. The summed E-state index contributed by atoms with van der Waals surface area (Å²) >= 11 is 5.91. The van der Waals surface area contributed by atoms with Crippen molar-refractivity contribution in [1.82, 2.24) is 10.3 Å². The van der Waals surface area contributed by atoms with Crippen LogP contribution in [-0.4, -0.2) is 16.4 Å². The minimum Gasteiger partial charge on any atom is -0.336 e. The molecule has 0 aliphatic rings. The van der Waals surface area contributed by atoms with Gasteiger partial charge < -0.3 is 5.32 Å². The maximum absolute atomic E-state index is 12.1. The molecule has 0 bridgehead atoms. The first-order chi connectivity index (χ1) is 8.25. The number of hydrogen-bond acceptors (Lipinski definition) is 2. The zero-order valence-electron chi connectivity index (χ0n) is 11.0. The number of hydrogen-bond donors (Lipinski definition) is 1. The van der Waals surface area contributed by atoms with E-state index in [1.807, 2.05) is 13.8 Å². The van der Waals surface area contributed by atoms with E-state index in [2.05, 4.69) is 16.2 Å². The first-order valence-corrected chi connectivity index (χ1v) is 6.11. The second kappa shape index (κ2) is 5.41. The molecule has 1 heterocycles. The Morgan fingerprint density at radius 2 is 2.11 bits per heavy atom. The molecular formula is C14H17ClN2O. The second-order valence-electron chi connectivity index (χ2n) is 4.98. The fourth-order valence-corrected chi connectivity index (χ4v) is 1.55. The molecule has 0 aliphatic heterocycles. The van der Waals surface area contributed by atoms with E-state index in [1.165, 1.54) is 6.07 Å². The summed E-state index contributed by atoms with van der Waals surface area (Å²) in [6.45, 7) is 7.51. The van der Waals surface area contributed by atoms with Gasteiger partial charge in [-0.25, -0.2) is 4.98 Å². The average molecular weight is 265 g/mol. The van der Waals surface area contributed by atoms with Crippen LogP contribution in [0.2, 0.25) is 5.15 Å². The molecule has 1 aromatic rings. The minimum atomic E-state index is -0.690. The molecule has 3 nitrogen and oxygen atoms in total. The SMILES string of the molecule is C#CC(C)(C)NC(=O)c1cc(Cl)nc(C(C)C)c1. The summed E-state index contributed by atoms with van der Waals surface area (Å²) in [5.41, 5.74) is 0.568. The van der Waals surface area contributed by atoms with Crippen LogP contribution < -0.4 is 5.32 Å². The molecule has 0 spiro atoms. The van der Waals surface area contributed by atoms with E-state index >= 15 is 0 Å². The van der Waals surface area contributed by atoms with Gasteiger partial charge in [0, 0.05) is 11.3 Å². The van der Waals surface area contributed by atoms with E-state index in [1.54, 1.807) is 19.9 Å². The molecule has 0 aliphatic carbocycles. The topological polar surface area (TPSA) is 42.0 Å². The van der Waals surface area contributed by atoms with E-state index in [9.17, 15) is 4.79 Å². The molecule has 0 atom stereocenters. The third-order valence-electron chi connectivity index (χ3n) is 2.45. The highest BCUT2D eigenvalue weighted by atomic mass is 35.5. The highest BCUT2D eigenvalue weighted by Crippen LogP contribution is 2.18. The van der Waals surface area contributed by atoms with Gasteiger partial charge in [-0.1, -0.05) is 31.4 Å². The molecule has 18 heavy (non-hydrogen) atoms. The Labute approximate surface area is 113 Å². The molecule has 0 radical (unpaired) electrons. The Bertz CT molecular complexity index is 501. The molecule has 0 unspecified atom stereocenters. The number of amides is 1.